The molecule has 8 nitrogen and oxygen atoms in total. The summed E-state index contributed by atoms with van der Waals surface area (Å²) in [6, 6.07) is -0.745. The summed E-state index contributed by atoms with van der Waals surface area (Å²) in [7, 11) is 5.37. The van der Waals surface area contributed by atoms with Crippen LogP contribution in [0.25, 0.3) is 0 Å². The number of unbranched alkanes of at least 4 members (excludes halogenated alkanes) is 7. The molecule has 0 aliphatic rings. The summed E-state index contributed by atoms with van der Waals surface area (Å²) in [6.45, 7) is 4.32. The predicted molar refractivity (Wildman–Crippen MR) is 249 cm³/mol. The third-order valence-corrected chi connectivity index (χ3v) is 9.42. The maximum absolute atomic E-state index is 12.7. The van der Waals surface area contributed by atoms with Crippen LogP contribution in [0.15, 0.2) is 109 Å². The molecule has 0 saturated carbocycles. The van der Waals surface area contributed by atoms with Gasteiger partial charge in [-0.25, -0.2) is 0 Å². The molecule has 0 amide bonds. The molecule has 8 heteroatoms. The number of aliphatic carboxylic acids is 1. The summed E-state index contributed by atoms with van der Waals surface area (Å²) in [5.74, 6) is -1.87. The Hall–Kier alpha value is -4.01. The van der Waals surface area contributed by atoms with E-state index in [1.54, 1.807) is 21.1 Å². The molecule has 0 spiro atoms. The van der Waals surface area contributed by atoms with Gasteiger partial charge >= 0.3 is 11.9 Å². The van der Waals surface area contributed by atoms with E-state index in [-0.39, 0.29) is 55.5 Å². The highest BCUT2D eigenvalue weighted by atomic mass is 16.6. The Balaban J connectivity index is 4.46. The first-order valence-corrected chi connectivity index (χ1v) is 22.9. The summed E-state index contributed by atoms with van der Waals surface area (Å²) in [4.78, 5) is 36.9. The van der Waals surface area contributed by atoms with Gasteiger partial charge in [-0.15, -0.1) is 0 Å². The van der Waals surface area contributed by atoms with E-state index in [4.69, 9.17) is 14.2 Å². The Bertz CT molecular complexity index is 1340. The molecule has 0 radical (unpaired) electrons. The van der Waals surface area contributed by atoms with Gasteiger partial charge in [-0.2, -0.15) is 0 Å². The Morgan fingerprint density at radius 2 is 0.917 bits per heavy atom. The highest BCUT2D eigenvalue weighted by Crippen LogP contribution is 2.12. The van der Waals surface area contributed by atoms with Crippen LogP contribution in [-0.2, 0) is 28.6 Å². The Kier molecular flexibility index (Phi) is 38.9. The van der Waals surface area contributed by atoms with E-state index < -0.39 is 18.1 Å². The van der Waals surface area contributed by atoms with Gasteiger partial charge in [0.15, 0.2) is 6.10 Å². The molecular weight excluding hydrogens is 751 g/mol. The molecule has 0 bridgehead atoms. The van der Waals surface area contributed by atoms with Crippen LogP contribution in [-0.4, -0.2) is 75.5 Å². The zero-order valence-electron chi connectivity index (χ0n) is 38.3. The van der Waals surface area contributed by atoms with Gasteiger partial charge in [0, 0.05) is 19.3 Å². The molecule has 60 heavy (non-hydrogen) atoms. The maximum atomic E-state index is 12.7. The van der Waals surface area contributed by atoms with Gasteiger partial charge in [0.1, 0.15) is 12.6 Å². The highest BCUT2D eigenvalue weighted by Gasteiger charge is 2.25. The predicted octanol–water partition coefficient (Wildman–Crippen LogP) is 11.5. The minimum atomic E-state index is -1.14. The zero-order chi connectivity index (χ0) is 44.2. The molecule has 2 atom stereocenters. The van der Waals surface area contributed by atoms with E-state index in [9.17, 15) is 19.5 Å². The molecule has 0 saturated heterocycles. The molecule has 338 valence electrons. The summed E-state index contributed by atoms with van der Waals surface area (Å²) >= 11 is 0. The van der Waals surface area contributed by atoms with Crippen molar-refractivity contribution in [2.45, 2.75) is 161 Å². The second-order valence-electron chi connectivity index (χ2n) is 15.9. The second-order valence-corrected chi connectivity index (χ2v) is 15.9. The number of esters is 2. The topological polar surface area (TPSA) is 102 Å². The monoisotopic (exact) mass is 834 g/mol. The first-order chi connectivity index (χ1) is 29.1. The van der Waals surface area contributed by atoms with Gasteiger partial charge in [0.25, 0.3) is 0 Å². The molecular formula is C52H83NO7. The number of carbonyl (C=O) groups excluding carboxylic acids is 3. The fourth-order valence-corrected chi connectivity index (χ4v) is 5.93. The van der Waals surface area contributed by atoms with E-state index >= 15 is 0 Å². The smallest absolute Gasteiger partial charge is 0.306 e. The van der Waals surface area contributed by atoms with Crippen LogP contribution in [0.3, 0.4) is 0 Å². The molecule has 0 aromatic rings. The van der Waals surface area contributed by atoms with Gasteiger partial charge in [-0.3, -0.25) is 9.59 Å². The number of nitrogens with zero attached hydrogens (tertiary/aromatic N) is 1. The Morgan fingerprint density at radius 3 is 1.37 bits per heavy atom. The van der Waals surface area contributed by atoms with Gasteiger partial charge in [-0.1, -0.05) is 155 Å². The van der Waals surface area contributed by atoms with Gasteiger partial charge < -0.3 is 28.6 Å². The average Bonchev–Trinajstić information content (AvgIpc) is 3.21. The molecule has 0 N–H and O–H groups in total. The Labute approximate surface area is 366 Å². The summed E-state index contributed by atoms with van der Waals surface area (Å²) in [6.07, 6.45) is 57.0. The summed E-state index contributed by atoms with van der Waals surface area (Å²) < 4.78 is 17.1. The minimum Gasteiger partial charge on any atom is -0.544 e. The van der Waals surface area contributed by atoms with Crippen molar-refractivity contribution in [2.24, 2.45) is 0 Å². The van der Waals surface area contributed by atoms with Crippen LogP contribution in [0.5, 0.6) is 0 Å². The van der Waals surface area contributed by atoms with Crippen molar-refractivity contribution in [1.82, 2.24) is 0 Å². The van der Waals surface area contributed by atoms with Crippen LogP contribution >= 0.6 is 0 Å². The van der Waals surface area contributed by atoms with Crippen LogP contribution in [0.1, 0.15) is 149 Å². The van der Waals surface area contributed by atoms with Crippen molar-refractivity contribution in [3.05, 3.63) is 109 Å². The molecule has 0 rings (SSSR count). The first-order valence-electron chi connectivity index (χ1n) is 22.9. The number of hydrogen-bond acceptors (Lipinski definition) is 7. The lowest BCUT2D eigenvalue weighted by molar-refractivity contribution is -0.889. The fraction of sp³-hybridized carbons (Fsp3) is 0.596. The van der Waals surface area contributed by atoms with Crippen LogP contribution in [0, 0.1) is 0 Å². The molecule has 2 unspecified atom stereocenters. The van der Waals surface area contributed by atoms with Crippen LogP contribution in [0.4, 0.5) is 0 Å². The van der Waals surface area contributed by atoms with Gasteiger partial charge in [0.2, 0.25) is 0 Å². The van der Waals surface area contributed by atoms with Crippen molar-refractivity contribution in [1.29, 1.82) is 0 Å². The zero-order valence-corrected chi connectivity index (χ0v) is 38.3. The molecule has 0 aromatic heterocycles. The van der Waals surface area contributed by atoms with Crippen molar-refractivity contribution in [3.8, 4) is 0 Å². The highest BCUT2D eigenvalue weighted by molar-refractivity contribution is 5.70. The first kappa shape index (κ1) is 56.0. The van der Waals surface area contributed by atoms with Crippen molar-refractivity contribution in [3.63, 3.8) is 0 Å². The third kappa shape index (κ3) is 39.5. The normalized spacial score (nSPS) is 13.9. The summed E-state index contributed by atoms with van der Waals surface area (Å²) in [5.41, 5.74) is 0. The average molecular weight is 834 g/mol. The van der Waals surface area contributed by atoms with Crippen molar-refractivity contribution < 1.29 is 38.2 Å². The fourth-order valence-electron chi connectivity index (χ4n) is 5.93. The van der Waals surface area contributed by atoms with Crippen molar-refractivity contribution in [2.75, 3.05) is 41.0 Å². The van der Waals surface area contributed by atoms with E-state index in [1.807, 2.05) is 12.2 Å². The van der Waals surface area contributed by atoms with Crippen LogP contribution in [0.2, 0.25) is 0 Å². The number of ether oxygens (including phenoxy) is 3. The van der Waals surface area contributed by atoms with Gasteiger partial charge in [0.05, 0.1) is 40.3 Å². The molecule has 0 aliphatic carbocycles. The minimum absolute atomic E-state index is 0.00557. The standard InChI is InChI=1S/C52H83NO7/c1-6-8-10-12-14-16-18-20-22-24-25-26-27-29-31-33-35-37-39-41-43-51(55)60-48(46-58-45-44-49(52(56)57)53(3,4)5)47-59-50(54)42-40-38-36-34-32-30-28-23-21-19-17-15-13-11-9-7-2/h8-11,14-17,20-23,25-26,30,32,36,38,48-49H,6-7,12-13,18-19,24,27-29,31,33-35,37,39-47H2,1-5H3/b10-8+,11-9+,16-14+,17-15+,22-20+,23-21+,26-25+,32-30+,38-36+. The number of quaternary nitrogens is 1. The number of carbonyl (C=O) groups is 3. The number of hydrogen-bond donors (Lipinski definition) is 0. The van der Waals surface area contributed by atoms with E-state index in [0.29, 0.717) is 6.42 Å². The van der Waals surface area contributed by atoms with E-state index in [0.717, 1.165) is 89.9 Å². The quantitative estimate of drug-likeness (QED) is 0.0263. The molecule has 0 heterocycles. The maximum Gasteiger partial charge on any atom is 0.306 e. The molecule has 0 aromatic carbocycles. The van der Waals surface area contributed by atoms with Crippen molar-refractivity contribution >= 4 is 17.9 Å². The largest absolute Gasteiger partial charge is 0.544 e. The summed E-state index contributed by atoms with van der Waals surface area (Å²) in [5, 5.41) is 11.6. The number of rotatable bonds is 39. The SMILES string of the molecule is CC/C=C/C/C=C/C/C=C/C/C=C/C/C=C/CCC(=O)OCC(COCCC(C(=O)[O-])[N+](C)(C)C)OC(=O)CCCCCCCCC/C=C/C/C=C/C/C=C/C/C=C/CC. The number of allylic oxidation sites excluding steroid dienone is 18. The lowest BCUT2D eigenvalue weighted by Gasteiger charge is -2.34. The second kappa shape index (κ2) is 41.7. The number of carboxylic acids is 1. The molecule has 0 aliphatic heterocycles. The van der Waals surface area contributed by atoms with E-state index in [2.05, 4.69) is 111 Å². The lowest BCUT2D eigenvalue weighted by atomic mass is 10.1. The third-order valence-electron chi connectivity index (χ3n) is 9.42. The number of carboxylic acid groups (broad SMARTS) is 1. The van der Waals surface area contributed by atoms with Crippen LogP contribution < -0.4 is 5.11 Å². The lowest BCUT2D eigenvalue weighted by Crippen LogP contribution is -2.55. The molecule has 0 fully saturated rings. The number of likely N-dealkylation sites (N-methyl/N-ethyl adjacent to an activating group) is 1. The van der Waals surface area contributed by atoms with E-state index in [1.165, 1.54) is 19.3 Å². The Morgan fingerprint density at radius 1 is 0.500 bits per heavy atom. The van der Waals surface area contributed by atoms with Gasteiger partial charge in [-0.05, 0) is 83.5 Å².